The lowest BCUT2D eigenvalue weighted by molar-refractivity contribution is -0.0961. The molecule has 10 heteroatoms. The highest BCUT2D eigenvalue weighted by atomic mass is 19.4. The molecular formula is C19H18F4N6. The number of imidazole rings is 1. The van der Waals surface area contributed by atoms with Gasteiger partial charge in [0, 0.05) is 24.5 Å². The molecule has 0 bridgehead atoms. The summed E-state index contributed by atoms with van der Waals surface area (Å²) < 4.78 is 54.1. The Labute approximate surface area is 163 Å². The number of allylic oxidation sites excluding steroid dienone is 1. The summed E-state index contributed by atoms with van der Waals surface area (Å²) in [7, 11) is 0. The number of hydrogen-bond donors (Lipinski definition) is 3. The molecule has 3 aromatic rings. The highest BCUT2D eigenvalue weighted by Crippen LogP contribution is 2.28. The van der Waals surface area contributed by atoms with Crippen LogP contribution >= 0.6 is 0 Å². The van der Waals surface area contributed by atoms with Gasteiger partial charge in [-0.15, -0.1) is 0 Å². The summed E-state index contributed by atoms with van der Waals surface area (Å²) in [5.41, 5.74) is 8.07. The molecule has 0 radical (unpaired) electrons. The number of pyridine rings is 1. The molecule has 2 heterocycles. The number of aromatic nitrogens is 3. The summed E-state index contributed by atoms with van der Waals surface area (Å²) in [5.74, 6) is 4.67. The van der Waals surface area contributed by atoms with E-state index in [0.29, 0.717) is 17.9 Å². The van der Waals surface area contributed by atoms with E-state index in [1.54, 1.807) is 35.5 Å². The van der Waals surface area contributed by atoms with E-state index in [1.165, 1.54) is 30.5 Å². The monoisotopic (exact) mass is 406 g/mol. The third-order valence-electron chi connectivity index (χ3n) is 4.32. The molecule has 0 saturated heterocycles. The van der Waals surface area contributed by atoms with Crippen LogP contribution in [0, 0.1) is 12.7 Å². The van der Waals surface area contributed by atoms with E-state index in [2.05, 4.69) is 9.97 Å². The largest absolute Gasteiger partial charge is 0.434 e. The van der Waals surface area contributed by atoms with E-state index in [1.807, 2.05) is 0 Å². The molecular weight excluding hydrogens is 388 g/mol. The Bertz CT molecular complexity index is 1050. The van der Waals surface area contributed by atoms with Crippen LogP contribution in [-0.2, 0) is 6.54 Å². The second-order valence-electron chi connectivity index (χ2n) is 6.36. The normalized spacial score (nSPS) is 12.6. The fraction of sp³-hybridized carbons (Fsp3) is 0.158. The SMILES string of the molecule is Cc1cc(F)ccc1Cn1cnc(-c2cc(/C(N)=C(/NN)C(F)(F)F)ccn2)c1. The molecule has 1 aromatic carbocycles. The second kappa shape index (κ2) is 7.92. The third-order valence-corrected chi connectivity index (χ3v) is 4.32. The van der Waals surface area contributed by atoms with Gasteiger partial charge in [-0.2, -0.15) is 13.2 Å². The molecule has 29 heavy (non-hydrogen) atoms. The van der Waals surface area contributed by atoms with E-state index in [9.17, 15) is 17.6 Å². The number of nitrogens with zero attached hydrogens (tertiary/aromatic N) is 3. The van der Waals surface area contributed by atoms with Crippen molar-refractivity contribution in [1.82, 2.24) is 20.0 Å². The minimum absolute atomic E-state index is 0.101. The molecule has 2 aromatic heterocycles. The molecule has 0 unspecified atom stereocenters. The summed E-state index contributed by atoms with van der Waals surface area (Å²) in [6, 6.07) is 7.25. The van der Waals surface area contributed by atoms with Crippen LogP contribution in [-0.4, -0.2) is 20.7 Å². The number of halogens is 4. The van der Waals surface area contributed by atoms with Crippen LogP contribution in [0.3, 0.4) is 0 Å². The Balaban J connectivity index is 1.89. The standard InChI is InChI=1S/C19H18F4N6/c1-11-6-14(20)3-2-13(11)8-29-9-16(27-10-29)15-7-12(4-5-26-15)17(24)18(28-25)19(21,22)23/h2-7,9-10,28H,8,24-25H2,1H3/b18-17-. The van der Waals surface area contributed by atoms with Gasteiger partial charge in [-0.05, 0) is 42.3 Å². The molecule has 0 aliphatic carbocycles. The van der Waals surface area contributed by atoms with Gasteiger partial charge in [-0.3, -0.25) is 10.8 Å². The summed E-state index contributed by atoms with van der Waals surface area (Å²) in [6.45, 7) is 2.26. The first-order valence-corrected chi connectivity index (χ1v) is 8.46. The number of hydrazine groups is 1. The van der Waals surface area contributed by atoms with Crippen molar-refractivity contribution in [3.63, 3.8) is 0 Å². The maximum absolute atomic E-state index is 13.2. The smallest absolute Gasteiger partial charge is 0.397 e. The molecule has 3 rings (SSSR count). The van der Waals surface area contributed by atoms with E-state index < -0.39 is 17.6 Å². The summed E-state index contributed by atoms with van der Waals surface area (Å²) >= 11 is 0. The number of benzene rings is 1. The van der Waals surface area contributed by atoms with E-state index in [0.717, 1.165) is 11.1 Å². The number of nitrogens with one attached hydrogen (secondary N) is 1. The lowest BCUT2D eigenvalue weighted by Crippen LogP contribution is -2.34. The predicted molar refractivity (Wildman–Crippen MR) is 100 cm³/mol. The Kier molecular flexibility index (Phi) is 5.55. The Hall–Kier alpha value is -3.40. The number of rotatable bonds is 5. The first kappa shape index (κ1) is 20.3. The maximum atomic E-state index is 13.2. The maximum Gasteiger partial charge on any atom is 0.434 e. The van der Waals surface area contributed by atoms with Gasteiger partial charge in [0.2, 0.25) is 0 Å². The number of aryl methyl sites for hydroxylation is 1. The zero-order chi connectivity index (χ0) is 21.2. The van der Waals surface area contributed by atoms with Crippen LogP contribution in [0.2, 0.25) is 0 Å². The van der Waals surface area contributed by atoms with E-state index in [4.69, 9.17) is 11.6 Å². The first-order chi connectivity index (χ1) is 13.7. The topological polar surface area (TPSA) is 94.8 Å². The van der Waals surface area contributed by atoms with Crippen LogP contribution in [0.5, 0.6) is 0 Å². The fourth-order valence-corrected chi connectivity index (χ4v) is 2.81. The van der Waals surface area contributed by atoms with Gasteiger partial charge < -0.3 is 15.7 Å². The second-order valence-corrected chi connectivity index (χ2v) is 6.36. The predicted octanol–water partition coefficient (Wildman–Crippen LogP) is 3.09. The highest BCUT2D eigenvalue weighted by Gasteiger charge is 2.36. The minimum atomic E-state index is -4.73. The quantitative estimate of drug-likeness (QED) is 0.344. The molecule has 5 N–H and O–H groups in total. The van der Waals surface area contributed by atoms with Crippen molar-refractivity contribution in [3.05, 3.63) is 77.3 Å². The average molecular weight is 406 g/mol. The average Bonchev–Trinajstić information content (AvgIpc) is 3.12. The molecule has 0 atom stereocenters. The van der Waals surface area contributed by atoms with Gasteiger partial charge >= 0.3 is 6.18 Å². The van der Waals surface area contributed by atoms with Crippen LogP contribution in [0.4, 0.5) is 17.6 Å². The molecule has 152 valence electrons. The van der Waals surface area contributed by atoms with Gasteiger partial charge in [0.1, 0.15) is 11.5 Å². The van der Waals surface area contributed by atoms with Crippen molar-refractivity contribution in [2.24, 2.45) is 11.6 Å². The van der Waals surface area contributed by atoms with Crippen molar-refractivity contribution < 1.29 is 17.6 Å². The van der Waals surface area contributed by atoms with Gasteiger partial charge in [-0.1, -0.05) is 6.07 Å². The Morgan fingerprint density at radius 2 is 1.90 bits per heavy atom. The van der Waals surface area contributed by atoms with Crippen LogP contribution in [0.25, 0.3) is 17.1 Å². The Morgan fingerprint density at radius 1 is 1.14 bits per heavy atom. The summed E-state index contributed by atoms with van der Waals surface area (Å²) in [6.07, 6.45) is -0.128. The first-order valence-electron chi connectivity index (χ1n) is 8.46. The molecule has 0 aliphatic rings. The van der Waals surface area contributed by atoms with E-state index >= 15 is 0 Å². The molecule has 0 amide bonds. The van der Waals surface area contributed by atoms with Crippen LogP contribution < -0.4 is 17.0 Å². The zero-order valence-corrected chi connectivity index (χ0v) is 15.3. The van der Waals surface area contributed by atoms with Crippen molar-refractivity contribution in [2.45, 2.75) is 19.6 Å². The minimum Gasteiger partial charge on any atom is -0.397 e. The van der Waals surface area contributed by atoms with Gasteiger partial charge in [0.15, 0.2) is 5.70 Å². The van der Waals surface area contributed by atoms with Crippen LogP contribution in [0.15, 0.2) is 54.7 Å². The molecule has 0 spiro atoms. The number of nitrogens with two attached hydrogens (primary N) is 2. The van der Waals surface area contributed by atoms with Crippen molar-refractivity contribution in [3.8, 4) is 11.4 Å². The molecule has 0 aliphatic heterocycles. The lowest BCUT2D eigenvalue weighted by Gasteiger charge is -2.14. The molecule has 0 saturated carbocycles. The summed E-state index contributed by atoms with van der Waals surface area (Å²) in [4.78, 5) is 8.40. The van der Waals surface area contributed by atoms with Crippen molar-refractivity contribution in [1.29, 1.82) is 0 Å². The number of hydrogen-bond acceptors (Lipinski definition) is 5. The van der Waals surface area contributed by atoms with Gasteiger partial charge in [0.05, 0.1) is 17.7 Å². The van der Waals surface area contributed by atoms with Crippen molar-refractivity contribution >= 4 is 5.70 Å². The molecule has 6 nitrogen and oxygen atoms in total. The van der Waals surface area contributed by atoms with E-state index in [-0.39, 0.29) is 11.4 Å². The van der Waals surface area contributed by atoms with Crippen molar-refractivity contribution in [2.75, 3.05) is 0 Å². The van der Waals surface area contributed by atoms with Gasteiger partial charge in [0.25, 0.3) is 0 Å². The zero-order valence-electron chi connectivity index (χ0n) is 15.3. The molecule has 0 fully saturated rings. The Morgan fingerprint density at radius 3 is 2.55 bits per heavy atom. The number of alkyl halides is 3. The summed E-state index contributed by atoms with van der Waals surface area (Å²) in [5, 5.41) is 0. The third kappa shape index (κ3) is 4.54. The van der Waals surface area contributed by atoms with Gasteiger partial charge in [-0.25, -0.2) is 9.37 Å². The lowest BCUT2D eigenvalue weighted by atomic mass is 10.1. The van der Waals surface area contributed by atoms with Crippen LogP contribution in [0.1, 0.15) is 16.7 Å². The highest BCUT2D eigenvalue weighted by molar-refractivity contribution is 5.69. The fourth-order valence-electron chi connectivity index (χ4n) is 2.81.